The minimum atomic E-state index is -1.20. The highest BCUT2D eigenvalue weighted by molar-refractivity contribution is 7.99. The van der Waals surface area contributed by atoms with Crippen LogP contribution in [0.1, 0.15) is 50.9 Å². The number of ketones is 2. The number of thioether (sulfide) groups is 1. The highest BCUT2D eigenvalue weighted by Gasteiger charge is 2.39. The van der Waals surface area contributed by atoms with Crippen LogP contribution in [0.15, 0.2) is 11.6 Å². The first-order chi connectivity index (χ1) is 12.7. The first-order valence-corrected chi connectivity index (χ1v) is 9.36. The van der Waals surface area contributed by atoms with E-state index < -0.39 is 23.5 Å². The third-order valence-corrected chi connectivity index (χ3v) is 5.76. The van der Waals surface area contributed by atoms with Crippen molar-refractivity contribution in [3.63, 3.8) is 0 Å². The van der Waals surface area contributed by atoms with Crippen molar-refractivity contribution in [2.75, 3.05) is 5.75 Å². The Kier molecular flexibility index (Phi) is 5.11. The van der Waals surface area contributed by atoms with E-state index in [2.05, 4.69) is 0 Å². The van der Waals surface area contributed by atoms with Gasteiger partial charge in [-0.15, -0.1) is 11.8 Å². The highest BCUT2D eigenvalue weighted by atomic mass is 32.2. The number of carboxylic acids is 1. The third-order valence-electron chi connectivity index (χ3n) is 4.58. The molecule has 27 heavy (non-hydrogen) atoms. The average molecular weight is 393 g/mol. The third kappa shape index (κ3) is 3.37. The Bertz CT molecular complexity index is 888. The lowest BCUT2D eigenvalue weighted by molar-refractivity contribution is -0.137. The first kappa shape index (κ1) is 19.2. The molecule has 1 aromatic rings. The number of ether oxygens (including phenoxy) is 1. The van der Waals surface area contributed by atoms with Gasteiger partial charge in [-0.3, -0.25) is 14.4 Å². The summed E-state index contributed by atoms with van der Waals surface area (Å²) < 4.78 is 6.97. The van der Waals surface area contributed by atoms with Gasteiger partial charge in [0.2, 0.25) is 5.78 Å². The Morgan fingerprint density at radius 2 is 2.11 bits per heavy atom. The lowest BCUT2D eigenvalue weighted by atomic mass is 9.92. The topological polar surface area (TPSA) is 155 Å². The number of carboxylic acid groups (broad SMARTS) is 1. The molecular weight excluding hydrogens is 374 g/mol. The summed E-state index contributed by atoms with van der Waals surface area (Å²) >= 11 is 0.960. The number of aliphatic carboxylic acids is 1. The average Bonchev–Trinajstić information content (AvgIpc) is 3.16. The summed E-state index contributed by atoms with van der Waals surface area (Å²) in [6.45, 7) is 2.16. The molecule has 1 aliphatic heterocycles. The monoisotopic (exact) mass is 393 g/mol. The standard InChI is InChI=1S/C17H19N3O6S/c1-7-5-10(21)12-11(9-3-2-4-20(9)13(12)14(7)22)16(26-17(19)25)27-6-8(18)15(23)24/h5,8,16H,2-4,6,18H2,1H3,(H2,19,25)(H,23,24)/t8-,16?/m1/s1. The van der Waals surface area contributed by atoms with Gasteiger partial charge in [-0.1, -0.05) is 0 Å². The summed E-state index contributed by atoms with van der Waals surface area (Å²) in [6.07, 6.45) is 1.58. The molecule has 1 amide bonds. The summed E-state index contributed by atoms with van der Waals surface area (Å²) in [5.74, 6) is -1.86. The second-order valence-electron chi connectivity index (χ2n) is 6.41. The summed E-state index contributed by atoms with van der Waals surface area (Å²) in [7, 11) is 0. The van der Waals surface area contributed by atoms with Gasteiger partial charge in [-0.2, -0.15) is 0 Å². The molecule has 0 bridgehead atoms. The maximum atomic E-state index is 12.7. The van der Waals surface area contributed by atoms with Crippen molar-refractivity contribution in [1.29, 1.82) is 0 Å². The van der Waals surface area contributed by atoms with Gasteiger partial charge in [0.05, 0.1) is 5.56 Å². The van der Waals surface area contributed by atoms with Crippen molar-refractivity contribution in [3.8, 4) is 0 Å². The van der Waals surface area contributed by atoms with Crippen molar-refractivity contribution in [2.45, 2.75) is 37.8 Å². The molecule has 2 atom stereocenters. The molecule has 3 rings (SSSR count). The van der Waals surface area contributed by atoms with Gasteiger partial charge < -0.3 is 25.9 Å². The van der Waals surface area contributed by atoms with E-state index in [0.29, 0.717) is 29.8 Å². The van der Waals surface area contributed by atoms with Gasteiger partial charge in [-0.05, 0) is 25.8 Å². The predicted octanol–water partition coefficient (Wildman–Crippen LogP) is 0.999. The minimum absolute atomic E-state index is 0.0658. The Morgan fingerprint density at radius 3 is 2.74 bits per heavy atom. The molecule has 1 aliphatic carbocycles. The van der Waals surface area contributed by atoms with E-state index in [-0.39, 0.29) is 22.9 Å². The molecule has 2 aliphatic rings. The number of hydrogen-bond donors (Lipinski definition) is 3. The number of hydrogen-bond acceptors (Lipinski definition) is 7. The molecule has 0 saturated heterocycles. The fourth-order valence-electron chi connectivity index (χ4n) is 3.41. The van der Waals surface area contributed by atoms with Crippen LogP contribution in [0.5, 0.6) is 0 Å². The molecule has 0 fully saturated rings. The smallest absolute Gasteiger partial charge is 0.405 e. The van der Waals surface area contributed by atoms with E-state index in [1.165, 1.54) is 6.08 Å². The van der Waals surface area contributed by atoms with Gasteiger partial charge >= 0.3 is 12.1 Å². The number of carbonyl (C=O) groups excluding carboxylic acids is 3. The Labute approximate surface area is 158 Å². The molecule has 1 aromatic heterocycles. The number of rotatable bonds is 6. The number of allylic oxidation sites excluding steroid dienone is 2. The van der Waals surface area contributed by atoms with Crippen LogP contribution in [-0.2, 0) is 22.5 Å². The quantitative estimate of drug-likeness (QED) is 0.605. The molecule has 10 heteroatoms. The van der Waals surface area contributed by atoms with Crippen LogP contribution in [-0.4, -0.2) is 45.1 Å². The van der Waals surface area contributed by atoms with Crippen LogP contribution in [0.2, 0.25) is 0 Å². The number of nitrogens with zero attached hydrogens (tertiary/aromatic N) is 1. The largest absolute Gasteiger partial charge is 0.480 e. The summed E-state index contributed by atoms with van der Waals surface area (Å²) in [5, 5.41) is 8.98. The van der Waals surface area contributed by atoms with E-state index in [1.54, 1.807) is 11.5 Å². The molecule has 9 nitrogen and oxygen atoms in total. The molecular formula is C17H19N3O6S. The number of nitrogens with two attached hydrogens (primary N) is 2. The maximum absolute atomic E-state index is 12.7. The summed E-state index contributed by atoms with van der Waals surface area (Å²) in [4.78, 5) is 47.7. The summed E-state index contributed by atoms with van der Waals surface area (Å²) in [6, 6.07) is -1.18. The van der Waals surface area contributed by atoms with Crippen molar-refractivity contribution >= 4 is 35.4 Å². The van der Waals surface area contributed by atoms with Crippen LogP contribution in [0.25, 0.3) is 0 Å². The fourth-order valence-corrected chi connectivity index (χ4v) is 4.52. The van der Waals surface area contributed by atoms with Crippen LogP contribution in [0, 0.1) is 0 Å². The zero-order valence-electron chi connectivity index (χ0n) is 14.6. The van der Waals surface area contributed by atoms with Crippen molar-refractivity contribution < 1.29 is 29.0 Å². The van der Waals surface area contributed by atoms with Crippen LogP contribution < -0.4 is 11.5 Å². The van der Waals surface area contributed by atoms with Crippen molar-refractivity contribution in [3.05, 3.63) is 34.2 Å². The lowest BCUT2D eigenvalue weighted by Gasteiger charge is -2.20. The first-order valence-electron chi connectivity index (χ1n) is 8.31. The van der Waals surface area contributed by atoms with Gasteiger partial charge in [0.1, 0.15) is 11.7 Å². The van der Waals surface area contributed by atoms with E-state index in [9.17, 15) is 19.2 Å². The van der Waals surface area contributed by atoms with E-state index in [0.717, 1.165) is 23.9 Å². The van der Waals surface area contributed by atoms with Crippen molar-refractivity contribution in [1.82, 2.24) is 4.57 Å². The Hall–Kier alpha value is -2.59. The molecule has 2 heterocycles. The molecule has 144 valence electrons. The second kappa shape index (κ2) is 7.20. The number of primary amides is 1. The van der Waals surface area contributed by atoms with Gasteiger partial charge in [0.15, 0.2) is 11.2 Å². The van der Waals surface area contributed by atoms with Crippen LogP contribution >= 0.6 is 11.8 Å². The normalized spacial score (nSPS) is 17.8. The minimum Gasteiger partial charge on any atom is -0.480 e. The van der Waals surface area contributed by atoms with Crippen molar-refractivity contribution in [2.24, 2.45) is 11.5 Å². The zero-order valence-corrected chi connectivity index (χ0v) is 15.4. The number of aromatic nitrogens is 1. The Balaban J connectivity index is 2.08. The van der Waals surface area contributed by atoms with Gasteiger partial charge in [0.25, 0.3) is 0 Å². The van der Waals surface area contributed by atoms with E-state index >= 15 is 0 Å². The molecule has 0 aromatic carbocycles. The van der Waals surface area contributed by atoms with Gasteiger partial charge in [-0.25, -0.2) is 4.79 Å². The molecule has 5 N–H and O–H groups in total. The highest BCUT2D eigenvalue weighted by Crippen LogP contribution is 2.42. The lowest BCUT2D eigenvalue weighted by Crippen LogP contribution is -2.33. The zero-order chi connectivity index (χ0) is 19.9. The van der Waals surface area contributed by atoms with Crippen LogP contribution in [0.3, 0.4) is 0 Å². The number of Topliss-reactive ketones (excluding diaryl/α,β-unsaturated/α-hetero) is 1. The fraction of sp³-hybridized carbons (Fsp3) is 0.412. The van der Waals surface area contributed by atoms with Gasteiger partial charge in [0, 0.05) is 29.1 Å². The van der Waals surface area contributed by atoms with Crippen LogP contribution in [0.4, 0.5) is 4.79 Å². The Morgan fingerprint density at radius 1 is 1.41 bits per heavy atom. The predicted molar refractivity (Wildman–Crippen MR) is 96.6 cm³/mol. The molecule has 1 unspecified atom stereocenters. The summed E-state index contributed by atoms with van der Waals surface area (Å²) in [5.41, 5.74) is 11.7. The SMILES string of the molecule is CC1=CC(=O)c2c(C(OC(N)=O)SC[C@@H](N)C(=O)O)c3n(c2C1=O)CCC3. The molecule has 0 spiro atoms. The maximum Gasteiger partial charge on any atom is 0.405 e. The van der Waals surface area contributed by atoms with E-state index in [4.69, 9.17) is 21.3 Å². The van der Waals surface area contributed by atoms with E-state index in [1.807, 2.05) is 0 Å². The number of amides is 1. The number of carbonyl (C=O) groups is 4. The molecule has 0 radical (unpaired) electrons. The number of fused-ring (bicyclic) bond motifs is 3. The molecule has 0 saturated carbocycles. The second-order valence-corrected chi connectivity index (χ2v) is 7.50.